The molecule has 1 fully saturated rings. The van der Waals surface area contributed by atoms with Crippen molar-refractivity contribution < 1.29 is 9.50 Å². The lowest BCUT2D eigenvalue weighted by molar-refractivity contribution is 0.126. The summed E-state index contributed by atoms with van der Waals surface area (Å²) in [5.41, 5.74) is 3.39. The van der Waals surface area contributed by atoms with Gasteiger partial charge < -0.3 is 20.3 Å². The summed E-state index contributed by atoms with van der Waals surface area (Å²) in [4.78, 5) is 9.47. The fourth-order valence-corrected chi connectivity index (χ4v) is 4.62. The molecule has 0 amide bonds. The molecule has 0 aliphatic heterocycles. The van der Waals surface area contributed by atoms with Gasteiger partial charge in [0, 0.05) is 17.9 Å². The Morgan fingerprint density at radius 2 is 1.87 bits per heavy atom. The van der Waals surface area contributed by atoms with Crippen molar-refractivity contribution in [2.75, 3.05) is 10.6 Å². The van der Waals surface area contributed by atoms with Crippen LogP contribution in [0.2, 0.25) is 0 Å². The molecule has 1 aliphatic rings. The van der Waals surface area contributed by atoms with Crippen LogP contribution >= 0.6 is 11.5 Å². The van der Waals surface area contributed by atoms with E-state index in [4.69, 9.17) is 9.97 Å². The van der Waals surface area contributed by atoms with Gasteiger partial charge in [-0.25, -0.2) is 9.37 Å². The zero-order valence-corrected chi connectivity index (χ0v) is 17.9. The number of aliphatic hydroxyl groups excluding tert-OH is 1. The maximum Gasteiger partial charge on any atom is 0.230 e. The maximum atomic E-state index is 13.4. The first-order valence-electron chi connectivity index (χ1n) is 10.3. The zero-order chi connectivity index (χ0) is 21.4. The molecule has 7 nitrogen and oxygen atoms in total. The Hall–Kier alpha value is -3.04. The van der Waals surface area contributed by atoms with E-state index in [0.717, 1.165) is 53.1 Å². The van der Waals surface area contributed by atoms with E-state index in [-0.39, 0.29) is 18.0 Å². The number of aryl methyl sites for hydroxylation is 1. The van der Waals surface area contributed by atoms with Crippen LogP contribution in [0.1, 0.15) is 31.4 Å². The average molecular weight is 439 g/mol. The topological polar surface area (TPSA) is 87.9 Å². The number of rotatable bonds is 5. The molecule has 0 saturated heterocycles. The Labute approximate surface area is 183 Å². The van der Waals surface area contributed by atoms with Crippen LogP contribution < -0.4 is 10.6 Å². The van der Waals surface area contributed by atoms with Gasteiger partial charge >= 0.3 is 0 Å². The minimum Gasteiger partial charge on any atom is -0.393 e. The van der Waals surface area contributed by atoms with E-state index in [1.807, 2.05) is 29.8 Å². The summed E-state index contributed by atoms with van der Waals surface area (Å²) >= 11 is 1.36. The van der Waals surface area contributed by atoms with E-state index in [2.05, 4.69) is 15.0 Å². The average Bonchev–Trinajstić information content (AvgIpc) is 3.36. The number of halogens is 1. The zero-order valence-electron chi connectivity index (χ0n) is 17.0. The molecule has 3 heterocycles. The largest absolute Gasteiger partial charge is 0.393 e. The third kappa shape index (κ3) is 4.24. The Morgan fingerprint density at radius 1 is 1.10 bits per heavy atom. The first-order valence-corrected chi connectivity index (χ1v) is 11.1. The van der Waals surface area contributed by atoms with Crippen molar-refractivity contribution in [3.63, 3.8) is 0 Å². The van der Waals surface area contributed by atoms with Gasteiger partial charge in [0.25, 0.3) is 0 Å². The molecule has 0 spiro atoms. The van der Waals surface area contributed by atoms with Crippen molar-refractivity contribution >= 4 is 39.3 Å². The second kappa shape index (κ2) is 8.24. The molecule has 9 heteroatoms. The van der Waals surface area contributed by atoms with Crippen LogP contribution in [0.15, 0.2) is 42.6 Å². The fourth-order valence-electron chi connectivity index (χ4n) is 3.97. The van der Waals surface area contributed by atoms with Crippen molar-refractivity contribution in [3.8, 4) is 5.69 Å². The third-order valence-electron chi connectivity index (χ3n) is 5.54. The molecule has 1 aliphatic carbocycles. The first-order chi connectivity index (χ1) is 15.0. The minimum absolute atomic E-state index is 0.219. The second-order valence-electron chi connectivity index (χ2n) is 7.90. The van der Waals surface area contributed by atoms with Crippen LogP contribution in [0.4, 0.5) is 21.2 Å². The van der Waals surface area contributed by atoms with E-state index >= 15 is 0 Å². The summed E-state index contributed by atoms with van der Waals surface area (Å²) in [5, 5.41) is 17.6. The molecule has 3 aromatic heterocycles. The van der Waals surface area contributed by atoms with Gasteiger partial charge in [-0.2, -0.15) is 9.36 Å². The van der Waals surface area contributed by atoms with E-state index in [9.17, 15) is 9.50 Å². The summed E-state index contributed by atoms with van der Waals surface area (Å²) in [7, 11) is 0. The van der Waals surface area contributed by atoms with Crippen molar-refractivity contribution in [1.29, 1.82) is 0 Å². The molecule has 5 rings (SSSR count). The molecule has 0 atom stereocenters. The monoisotopic (exact) mass is 438 g/mol. The number of benzene rings is 1. The smallest absolute Gasteiger partial charge is 0.230 e. The highest BCUT2D eigenvalue weighted by atomic mass is 32.1. The highest BCUT2D eigenvalue weighted by Gasteiger charge is 2.22. The summed E-state index contributed by atoms with van der Waals surface area (Å²) in [6, 6.07) is 10.5. The first kappa shape index (κ1) is 19.9. The molecular weight excluding hydrogens is 415 g/mol. The lowest BCUT2D eigenvalue weighted by atomic mass is 9.93. The summed E-state index contributed by atoms with van der Waals surface area (Å²) in [5.74, 6) is 0.928. The molecule has 31 heavy (non-hydrogen) atoms. The Balaban J connectivity index is 1.56. The van der Waals surface area contributed by atoms with E-state index in [0.29, 0.717) is 11.8 Å². The Bertz CT molecular complexity index is 1200. The fraction of sp³-hybridized carbons (Fsp3) is 0.318. The molecule has 160 valence electrons. The number of anilines is 3. The van der Waals surface area contributed by atoms with Crippen molar-refractivity contribution in [1.82, 2.24) is 18.9 Å². The quantitative estimate of drug-likeness (QED) is 0.416. The lowest BCUT2D eigenvalue weighted by Crippen LogP contribution is -2.28. The van der Waals surface area contributed by atoms with Gasteiger partial charge in [-0.1, -0.05) is 0 Å². The van der Waals surface area contributed by atoms with Gasteiger partial charge in [0.05, 0.1) is 17.3 Å². The molecule has 1 aromatic carbocycles. The molecular formula is C22H23FN6OS. The Kier molecular flexibility index (Phi) is 5.29. The van der Waals surface area contributed by atoms with E-state index in [1.54, 1.807) is 12.1 Å². The number of hydrogen-bond donors (Lipinski definition) is 3. The molecule has 3 N–H and O–H groups in total. The van der Waals surface area contributed by atoms with Crippen LogP contribution in [0.5, 0.6) is 0 Å². The predicted molar refractivity (Wildman–Crippen MR) is 121 cm³/mol. The standard InChI is InChI=1S/C22H23FN6OS/c1-13-12-19(31-28-13)26-22-25-18-10-11-29(16-6-2-14(23)3-7-16)20(18)21(27-22)24-15-4-8-17(30)9-5-15/h2-3,6-7,10-12,15,17,30H,4-5,8-9H2,1H3,(H2,24,25,26,27). The van der Waals surface area contributed by atoms with Crippen LogP contribution in [0.25, 0.3) is 16.7 Å². The van der Waals surface area contributed by atoms with Crippen LogP contribution in [0.3, 0.4) is 0 Å². The SMILES string of the molecule is Cc1cc(Nc2nc(NC3CCC(O)CC3)c3c(ccn3-c3ccc(F)cc3)n2)sn1. The minimum atomic E-state index is -0.276. The number of fused-ring (bicyclic) bond motifs is 1. The summed E-state index contributed by atoms with van der Waals surface area (Å²) in [6.07, 6.45) is 5.00. The number of nitrogens with zero attached hydrogens (tertiary/aromatic N) is 4. The van der Waals surface area contributed by atoms with Crippen molar-refractivity contribution in [2.45, 2.75) is 44.8 Å². The molecule has 0 unspecified atom stereocenters. The Morgan fingerprint density at radius 3 is 2.58 bits per heavy atom. The summed E-state index contributed by atoms with van der Waals surface area (Å²) < 4.78 is 19.7. The molecule has 4 aromatic rings. The highest BCUT2D eigenvalue weighted by Crippen LogP contribution is 2.31. The summed E-state index contributed by atoms with van der Waals surface area (Å²) in [6.45, 7) is 1.94. The number of hydrogen-bond acceptors (Lipinski definition) is 7. The van der Waals surface area contributed by atoms with Crippen LogP contribution in [0, 0.1) is 12.7 Å². The van der Waals surface area contributed by atoms with Crippen molar-refractivity contribution in [3.05, 3.63) is 54.1 Å². The van der Waals surface area contributed by atoms with Crippen molar-refractivity contribution in [2.24, 2.45) is 0 Å². The normalized spacial score (nSPS) is 18.9. The molecule has 1 saturated carbocycles. The highest BCUT2D eigenvalue weighted by molar-refractivity contribution is 7.10. The van der Waals surface area contributed by atoms with Gasteiger partial charge in [0.2, 0.25) is 5.95 Å². The van der Waals surface area contributed by atoms with E-state index < -0.39 is 0 Å². The van der Waals surface area contributed by atoms with Gasteiger partial charge in [0.1, 0.15) is 16.3 Å². The number of aromatic nitrogens is 4. The molecule has 0 bridgehead atoms. The predicted octanol–water partition coefficient (Wildman–Crippen LogP) is 4.78. The maximum absolute atomic E-state index is 13.4. The number of aliphatic hydroxyl groups is 1. The van der Waals surface area contributed by atoms with Crippen LogP contribution in [-0.4, -0.2) is 36.2 Å². The third-order valence-corrected chi connectivity index (χ3v) is 6.33. The van der Waals surface area contributed by atoms with Crippen LogP contribution in [-0.2, 0) is 0 Å². The lowest BCUT2D eigenvalue weighted by Gasteiger charge is -2.27. The molecule has 0 radical (unpaired) electrons. The number of nitrogens with one attached hydrogen (secondary N) is 2. The van der Waals surface area contributed by atoms with Gasteiger partial charge in [-0.05, 0) is 80.5 Å². The van der Waals surface area contributed by atoms with Gasteiger partial charge in [-0.15, -0.1) is 0 Å². The van der Waals surface area contributed by atoms with E-state index in [1.165, 1.54) is 23.7 Å². The van der Waals surface area contributed by atoms with Gasteiger partial charge in [0.15, 0.2) is 5.82 Å². The van der Waals surface area contributed by atoms with Gasteiger partial charge in [-0.3, -0.25) is 0 Å². The second-order valence-corrected chi connectivity index (χ2v) is 8.70.